The van der Waals surface area contributed by atoms with E-state index in [4.69, 9.17) is 14.6 Å². The minimum Gasteiger partial charge on any atom is -0.493 e. The van der Waals surface area contributed by atoms with Gasteiger partial charge in [-0.2, -0.15) is 0 Å². The zero-order valence-electron chi connectivity index (χ0n) is 16.4. The van der Waals surface area contributed by atoms with Crippen molar-refractivity contribution in [2.45, 2.75) is 29.6 Å². The molecule has 2 aromatic rings. The summed E-state index contributed by atoms with van der Waals surface area (Å²) in [5.74, 6) is 0.625. The molecule has 0 amide bonds. The number of methoxy groups -OCH3 is 2. The second-order valence-corrected chi connectivity index (χ2v) is 9.40. The van der Waals surface area contributed by atoms with E-state index in [2.05, 4.69) is 10.0 Å². The molecule has 0 saturated heterocycles. The van der Waals surface area contributed by atoms with Crippen LogP contribution in [0.15, 0.2) is 46.2 Å². The smallest absolute Gasteiger partial charge is 0.262 e. The van der Waals surface area contributed by atoms with Gasteiger partial charge in [0.1, 0.15) is 0 Å². The van der Waals surface area contributed by atoms with Crippen molar-refractivity contribution in [2.24, 2.45) is 5.14 Å². The number of hydrogen-bond acceptors (Lipinski definition) is 7. The van der Waals surface area contributed by atoms with Crippen molar-refractivity contribution < 1.29 is 26.3 Å². The Morgan fingerprint density at radius 3 is 2.14 bits per heavy atom. The van der Waals surface area contributed by atoms with Crippen molar-refractivity contribution in [1.82, 2.24) is 0 Å². The van der Waals surface area contributed by atoms with E-state index in [0.717, 1.165) is 12.8 Å². The number of hydrogen-bond donors (Lipinski definition) is 3. The highest BCUT2D eigenvalue weighted by atomic mass is 32.2. The summed E-state index contributed by atoms with van der Waals surface area (Å²) in [6.45, 7) is 2.61. The number of sulfonamides is 2. The Balaban J connectivity index is 2.46. The van der Waals surface area contributed by atoms with Gasteiger partial charge in [-0.1, -0.05) is 13.3 Å². The third-order valence-electron chi connectivity index (χ3n) is 4.07. The molecule has 29 heavy (non-hydrogen) atoms. The van der Waals surface area contributed by atoms with Gasteiger partial charge in [0, 0.05) is 12.6 Å². The third kappa shape index (κ3) is 5.75. The van der Waals surface area contributed by atoms with Gasteiger partial charge >= 0.3 is 0 Å². The van der Waals surface area contributed by atoms with Crippen LogP contribution in [0.25, 0.3) is 0 Å². The molecule has 0 atom stereocenters. The number of unbranched alkanes of at least 4 members (excludes halogenated alkanes) is 1. The number of anilines is 2. The summed E-state index contributed by atoms with van der Waals surface area (Å²) in [6.07, 6.45) is 1.80. The highest BCUT2D eigenvalue weighted by Gasteiger charge is 2.20. The van der Waals surface area contributed by atoms with E-state index < -0.39 is 20.0 Å². The molecule has 0 aliphatic heterocycles. The Hall–Kier alpha value is -2.50. The molecule has 0 aromatic heterocycles. The lowest BCUT2D eigenvalue weighted by Gasteiger charge is -2.16. The quantitative estimate of drug-likeness (QED) is 0.479. The van der Waals surface area contributed by atoms with Crippen LogP contribution >= 0.6 is 0 Å². The Morgan fingerprint density at radius 2 is 1.55 bits per heavy atom. The van der Waals surface area contributed by atoms with Crippen LogP contribution in [-0.2, 0) is 20.0 Å². The molecule has 9 nitrogen and oxygen atoms in total. The van der Waals surface area contributed by atoms with Crippen LogP contribution in [0.5, 0.6) is 11.5 Å². The number of rotatable bonds is 10. The van der Waals surface area contributed by atoms with Crippen molar-refractivity contribution in [2.75, 3.05) is 30.8 Å². The first kappa shape index (κ1) is 22.8. The first-order chi connectivity index (χ1) is 13.6. The van der Waals surface area contributed by atoms with Gasteiger partial charge < -0.3 is 14.8 Å². The summed E-state index contributed by atoms with van der Waals surface area (Å²) in [5, 5.41) is 8.29. The lowest BCUT2D eigenvalue weighted by molar-refractivity contribution is 0.354. The van der Waals surface area contributed by atoms with E-state index in [1.54, 1.807) is 0 Å². The predicted molar refractivity (Wildman–Crippen MR) is 112 cm³/mol. The summed E-state index contributed by atoms with van der Waals surface area (Å²) in [4.78, 5) is -0.279. The minimum absolute atomic E-state index is 0.0717. The summed E-state index contributed by atoms with van der Waals surface area (Å²) in [7, 11) is -5.22. The average Bonchev–Trinajstić information content (AvgIpc) is 2.67. The van der Waals surface area contributed by atoms with Crippen LogP contribution in [0.2, 0.25) is 0 Å². The van der Waals surface area contributed by atoms with Crippen molar-refractivity contribution in [3.8, 4) is 11.5 Å². The van der Waals surface area contributed by atoms with Gasteiger partial charge in [0.25, 0.3) is 10.0 Å². The third-order valence-corrected chi connectivity index (χ3v) is 6.35. The molecule has 0 fully saturated rings. The molecule has 2 rings (SSSR count). The SMILES string of the molecule is CCCCNc1ccc(S(N)(=O)=O)cc1NS(=O)(=O)c1ccc(OC)c(OC)c1. The van der Waals surface area contributed by atoms with E-state index in [1.807, 2.05) is 6.92 Å². The normalized spacial score (nSPS) is 11.7. The first-order valence-corrected chi connectivity index (χ1v) is 11.8. The Morgan fingerprint density at radius 1 is 0.897 bits per heavy atom. The van der Waals surface area contributed by atoms with Crippen LogP contribution in [-0.4, -0.2) is 37.6 Å². The van der Waals surface area contributed by atoms with Crippen LogP contribution in [0.4, 0.5) is 11.4 Å². The molecular formula is C18H25N3O6S2. The van der Waals surface area contributed by atoms with Crippen LogP contribution in [0.1, 0.15) is 19.8 Å². The molecule has 2 aromatic carbocycles. The minimum atomic E-state index is -4.05. The fourth-order valence-electron chi connectivity index (χ4n) is 2.53. The highest BCUT2D eigenvalue weighted by Crippen LogP contribution is 2.32. The van der Waals surface area contributed by atoms with Gasteiger partial charge in [-0.25, -0.2) is 22.0 Å². The number of nitrogens with two attached hydrogens (primary N) is 1. The maximum atomic E-state index is 12.9. The van der Waals surface area contributed by atoms with E-state index in [-0.39, 0.29) is 21.2 Å². The van der Waals surface area contributed by atoms with Gasteiger partial charge in [-0.15, -0.1) is 0 Å². The molecule has 0 saturated carbocycles. The molecule has 0 radical (unpaired) electrons. The van der Waals surface area contributed by atoms with Gasteiger partial charge in [-0.05, 0) is 36.8 Å². The molecule has 4 N–H and O–H groups in total. The number of nitrogens with one attached hydrogen (secondary N) is 2. The second-order valence-electron chi connectivity index (χ2n) is 6.16. The van der Waals surface area contributed by atoms with Crippen LogP contribution in [0.3, 0.4) is 0 Å². The maximum absolute atomic E-state index is 12.9. The van der Waals surface area contributed by atoms with E-state index >= 15 is 0 Å². The monoisotopic (exact) mass is 443 g/mol. The number of primary sulfonamides is 1. The molecule has 0 aliphatic rings. The maximum Gasteiger partial charge on any atom is 0.262 e. The Kier molecular flexibility index (Phi) is 7.33. The van der Waals surface area contributed by atoms with Gasteiger partial charge in [0.15, 0.2) is 11.5 Å². The highest BCUT2D eigenvalue weighted by molar-refractivity contribution is 7.92. The fraction of sp³-hybridized carbons (Fsp3) is 0.333. The summed E-state index contributed by atoms with van der Waals surface area (Å²) in [6, 6.07) is 8.11. The molecule has 0 bridgehead atoms. The average molecular weight is 444 g/mol. The zero-order chi connectivity index (χ0) is 21.7. The van der Waals surface area contributed by atoms with Crippen molar-refractivity contribution in [3.05, 3.63) is 36.4 Å². The lowest BCUT2D eigenvalue weighted by atomic mass is 10.2. The topological polar surface area (TPSA) is 137 Å². The summed E-state index contributed by atoms with van der Waals surface area (Å²) < 4.78 is 61.9. The lowest BCUT2D eigenvalue weighted by Crippen LogP contribution is -2.17. The molecule has 160 valence electrons. The van der Waals surface area contributed by atoms with Gasteiger partial charge in [0.2, 0.25) is 10.0 Å². The van der Waals surface area contributed by atoms with E-state index in [9.17, 15) is 16.8 Å². The van der Waals surface area contributed by atoms with Gasteiger partial charge in [-0.3, -0.25) is 4.72 Å². The fourth-order valence-corrected chi connectivity index (χ4v) is 4.15. The van der Waals surface area contributed by atoms with Crippen molar-refractivity contribution in [1.29, 1.82) is 0 Å². The van der Waals surface area contributed by atoms with Crippen molar-refractivity contribution >= 4 is 31.4 Å². The molecule has 0 aliphatic carbocycles. The molecular weight excluding hydrogens is 418 g/mol. The number of ether oxygens (including phenoxy) is 2. The largest absolute Gasteiger partial charge is 0.493 e. The number of benzene rings is 2. The summed E-state index contributed by atoms with van der Waals surface area (Å²) >= 11 is 0. The molecule has 0 spiro atoms. The standard InChI is InChI=1S/C18H25N3O6S2/c1-4-5-10-20-15-8-6-13(28(19,22)23)11-16(15)21-29(24,25)14-7-9-17(26-2)18(12-14)27-3/h6-9,11-12,20-21H,4-5,10H2,1-3H3,(H2,19,22,23). The van der Waals surface area contributed by atoms with Gasteiger partial charge in [0.05, 0.1) is 35.4 Å². The van der Waals surface area contributed by atoms with Crippen LogP contribution < -0.4 is 24.7 Å². The predicted octanol–water partition coefficient (Wildman–Crippen LogP) is 2.36. The van der Waals surface area contributed by atoms with Crippen molar-refractivity contribution in [3.63, 3.8) is 0 Å². The van der Waals surface area contributed by atoms with E-state index in [1.165, 1.54) is 50.6 Å². The molecule has 0 heterocycles. The van der Waals surface area contributed by atoms with E-state index in [0.29, 0.717) is 18.0 Å². The molecule has 0 unspecified atom stereocenters. The first-order valence-electron chi connectivity index (χ1n) is 8.78. The zero-order valence-corrected chi connectivity index (χ0v) is 18.1. The Bertz CT molecular complexity index is 1070. The molecule has 11 heteroatoms. The van der Waals surface area contributed by atoms with Crippen LogP contribution in [0, 0.1) is 0 Å². The Labute approximate surface area is 171 Å². The second kappa shape index (κ2) is 9.33. The summed E-state index contributed by atoms with van der Waals surface area (Å²) in [5.41, 5.74) is 0.511.